The lowest BCUT2D eigenvalue weighted by Crippen LogP contribution is -2.45. The minimum absolute atomic E-state index is 0.256. The van der Waals surface area contributed by atoms with Crippen LogP contribution in [0.15, 0.2) is 91.0 Å². The number of hydrogen-bond acceptors (Lipinski definition) is 4. The maximum Gasteiger partial charge on any atom is 0.361 e. The van der Waals surface area contributed by atoms with Crippen molar-refractivity contribution in [3.8, 4) is 11.4 Å². The first kappa shape index (κ1) is 18.5. The third kappa shape index (κ3) is 2.63. The van der Waals surface area contributed by atoms with Crippen molar-refractivity contribution in [3.05, 3.63) is 119 Å². The molecule has 1 aromatic heterocycles. The van der Waals surface area contributed by atoms with E-state index in [1.165, 1.54) is 0 Å². The molecule has 0 atom stereocenters. The van der Waals surface area contributed by atoms with Gasteiger partial charge in [0.25, 0.3) is 0 Å². The largest absolute Gasteiger partial charge is 0.710 e. The molecule has 5 rings (SSSR count). The molecule has 148 valence electrons. The van der Waals surface area contributed by atoms with Crippen molar-refractivity contribution in [2.45, 2.75) is 25.0 Å². The summed E-state index contributed by atoms with van der Waals surface area (Å²) in [6, 6.07) is 29.1. The highest BCUT2D eigenvalue weighted by Crippen LogP contribution is 2.51. The van der Waals surface area contributed by atoms with Gasteiger partial charge in [-0.2, -0.15) is 0 Å². The van der Waals surface area contributed by atoms with Crippen molar-refractivity contribution in [3.63, 3.8) is 0 Å². The first-order valence-electron chi connectivity index (χ1n) is 9.92. The molecule has 1 aliphatic rings. The van der Waals surface area contributed by atoms with Gasteiger partial charge in [-0.25, -0.2) is 4.73 Å². The number of ether oxygens (including phenoxy) is 1. The Morgan fingerprint density at radius 3 is 1.77 bits per heavy atom. The molecule has 0 spiro atoms. The second-order valence-electron chi connectivity index (χ2n) is 7.91. The zero-order chi connectivity index (χ0) is 20.8. The quantitative estimate of drug-likeness (QED) is 0.383. The molecule has 0 N–H and O–H groups in total. The van der Waals surface area contributed by atoms with Crippen LogP contribution in [0.4, 0.5) is 0 Å². The highest BCUT2D eigenvalue weighted by molar-refractivity contribution is 5.54. The third-order valence-corrected chi connectivity index (χ3v) is 5.57. The van der Waals surface area contributed by atoms with Gasteiger partial charge in [0.05, 0.1) is 10.7 Å². The standard InChI is InChI=1S/C25H21N3O2/c1-24(2)21-22(28(29)23(27-26-21)18-12-6-3-7-13-18)25(30-24,19-14-8-4-9-15-19)20-16-10-5-11-17-20/h3-17H,1-2H3. The topological polar surface area (TPSA) is 62.0 Å². The molecule has 30 heavy (non-hydrogen) atoms. The Hall–Kier alpha value is -3.57. The Balaban J connectivity index is 1.88. The van der Waals surface area contributed by atoms with Crippen LogP contribution in [0.1, 0.15) is 36.4 Å². The molecule has 4 aromatic rings. The van der Waals surface area contributed by atoms with E-state index in [0.29, 0.717) is 17.0 Å². The zero-order valence-corrected chi connectivity index (χ0v) is 16.8. The van der Waals surface area contributed by atoms with Gasteiger partial charge in [0.15, 0.2) is 17.0 Å². The summed E-state index contributed by atoms with van der Waals surface area (Å²) < 4.78 is 7.62. The minimum atomic E-state index is -1.09. The summed E-state index contributed by atoms with van der Waals surface area (Å²) in [5.74, 6) is 0.256. The van der Waals surface area contributed by atoms with Crippen molar-refractivity contribution in [2.75, 3.05) is 0 Å². The van der Waals surface area contributed by atoms with Gasteiger partial charge in [0.2, 0.25) is 0 Å². The first-order chi connectivity index (χ1) is 14.5. The number of hydrogen-bond donors (Lipinski definition) is 0. The lowest BCUT2D eigenvalue weighted by atomic mass is 9.83. The van der Waals surface area contributed by atoms with Gasteiger partial charge in [-0.1, -0.05) is 78.9 Å². The molecule has 0 fully saturated rings. The summed E-state index contributed by atoms with van der Waals surface area (Å²) in [4.78, 5) is 0. The number of benzene rings is 3. The van der Waals surface area contributed by atoms with Gasteiger partial charge < -0.3 is 9.94 Å². The highest BCUT2D eigenvalue weighted by atomic mass is 16.5. The van der Waals surface area contributed by atoms with Crippen LogP contribution < -0.4 is 4.73 Å². The monoisotopic (exact) mass is 395 g/mol. The van der Waals surface area contributed by atoms with E-state index in [-0.39, 0.29) is 5.82 Å². The van der Waals surface area contributed by atoms with Crippen molar-refractivity contribution in [1.82, 2.24) is 10.2 Å². The van der Waals surface area contributed by atoms with E-state index >= 15 is 0 Å². The molecule has 0 saturated carbocycles. The molecule has 0 radical (unpaired) electrons. The number of aromatic nitrogens is 3. The smallest absolute Gasteiger partial charge is 0.361 e. The van der Waals surface area contributed by atoms with Gasteiger partial charge in [-0.05, 0) is 42.2 Å². The van der Waals surface area contributed by atoms with Crippen LogP contribution in [0.2, 0.25) is 0 Å². The van der Waals surface area contributed by atoms with Gasteiger partial charge in [-0.15, -0.1) is 0 Å². The maximum absolute atomic E-state index is 13.8. The predicted molar refractivity (Wildman–Crippen MR) is 113 cm³/mol. The van der Waals surface area contributed by atoms with E-state index < -0.39 is 11.2 Å². The SMILES string of the molecule is CC1(C)OC(c2ccccc2)(c2ccccc2)c2c1nnc(-c1ccccc1)[n+]2[O-]. The average Bonchev–Trinajstić information content (AvgIpc) is 3.05. The molecular formula is C25H21N3O2. The van der Waals surface area contributed by atoms with E-state index in [4.69, 9.17) is 4.74 Å². The molecule has 5 heteroatoms. The van der Waals surface area contributed by atoms with E-state index in [2.05, 4.69) is 10.2 Å². The van der Waals surface area contributed by atoms with Crippen LogP contribution in [-0.4, -0.2) is 10.2 Å². The molecule has 0 aliphatic carbocycles. The summed E-state index contributed by atoms with van der Waals surface area (Å²) in [7, 11) is 0. The van der Waals surface area contributed by atoms with Crippen LogP contribution in [0.5, 0.6) is 0 Å². The maximum atomic E-state index is 13.8. The second kappa shape index (κ2) is 6.75. The minimum Gasteiger partial charge on any atom is -0.710 e. The van der Waals surface area contributed by atoms with Crippen LogP contribution in [-0.2, 0) is 15.9 Å². The average molecular weight is 395 g/mol. The summed E-state index contributed by atoms with van der Waals surface area (Å²) in [5, 5.41) is 22.6. The Morgan fingerprint density at radius 2 is 1.23 bits per heavy atom. The summed E-state index contributed by atoms with van der Waals surface area (Å²) in [5.41, 5.74) is 1.57. The molecule has 2 heterocycles. The fourth-order valence-corrected chi connectivity index (χ4v) is 4.25. The van der Waals surface area contributed by atoms with Crippen LogP contribution >= 0.6 is 0 Å². The van der Waals surface area contributed by atoms with Gasteiger partial charge in [0, 0.05) is 0 Å². The van der Waals surface area contributed by atoms with E-state index in [1.807, 2.05) is 105 Å². The Bertz CT molecular complexity index is 1150. The van der Waals surface area contributed by atoms with Gasteiger partial charge in [-0.3, -0.25) is 0 Å². The van der Waals surface area contributed by atoms with E-state index in [9.17, 15) is 5.21 Å². The number of fused-ring (bicyclic) bond motifs is 1. The second-order valence-corrected chi connectivity index (χ2v) is 7.91. The zero-order valence-electron chi connectivity index (χ0n) is 16.8. The Morgan fingerprint density at radius 1 is 0.733 bits per heavy atom. The normalized spacial score (nSPS) is 16.2. The van der Waals surface area contributed by atoms with Crippen molar-refractivity contribution < 1.29 is 9.47 Å². The first-order valence-corrected chi connectivity index (χ1v) is 9.92. The fourth-order valence-electron chi connectivity index (χ4n) is 4.25. The van der Waals surface area contributed by atoms with Crippen LogP contribution in [0.3, 0.4) is 0 Å². The van der Waals surface area contributed by atoms with Crippen molar-refractivity contribution in [1.29, 1.82) is 0 Å². The summed E-state index contributed by atoms with van der Waals surface area (Å²) in [6.07, 6.45) is 0. The molecule has 1 aliphatic heterocycles. The molecule has 0 bridgehead atoms. The van der Waals surface area contributed by atoms with Crippen molar-refractivity contribution in [2.24, 2.45) is 0 Å². The highest BCUT2D eigenvalue weighted by Gasteiger charge is 2.57. The van der Waals surface area contributed by atoms with Gasteiger partial charge in [0.1, 0.15) is 5.60 Å². The molecule has 3 aromatic carbocycles. The Labute approximate surface area is 175 Å². The van der Waals surface area contributed by atoms with Crippen LogP contribution in [0, 0.1) is 5.21 Å². The Kier molecular flexibility index (Phi) is 4.15. The fraction of sp³-hybridized carbons (Fsp3) is 0.160. The molecular weight excluding hydrogens is 374 g/mol. The van der Waals surface area contributed by atoms with Crippen molar-refractivity contribution >= 4 is 0 Å². The van der Waals surface area contributed by atoms with E-state index in [1.54, 1.807) is 0 Å². The van der Waals surface area contributed by atoms with E-state index in [0.717, 1.165) is 15.9 Å². The molecule has 0 saturated heterocycles. The molecule has 0 amide bonds. The third-order valence-electron chi connectivity index (χ3n) is 5.57. The lowest BCUT2D eigenvalue weighted by molar-refractivity contribution is -0.611. The summed E-state index contributed by atoms with van der Waals surface area (Å²) in [6.45, 7) is 3.85. The van der Waals surface area contributed by atoms with Crippen LogP contribution in [0.25, 0.3) is 11.4 Å². The molecule has 5 nitrogen and oxygen atoms in total. The number of rotatable bonds is 3. The molecule has 0 unspecified atom stereocenters. The summed E-state index contributed by atoms with van der Waals surface area (Å²) >= 11 is 0. The van der Waals surface area contributed by atoms with Gasteiger partial charge >= 0.3 is 5.82 Å². The predicted octanol–water partition coefficient (Wildman–Crippen LogP) is 4.33. The lowest BCUT2D eigenvalue weighted by Gasteiger charge is -2.33. The number of nitrogens with zero attached hydrogens (tertiary/aromatic N) is 3.